The maximum Gasteiger partial charge on any atom is 0.237 e. The zero-order valence-corrected chi connectivity index (χ0v) is 14.1. The number of carbonyl (C=O) groups excluding carboxylic acids is 1. The van der Waals surface area contributed by atoms with E-state index in [-0.39, 0.29) is 11.7 Å². The van der Waals surface area contributed by atoms with Crippen LogP contribution < -0.4 is 5.32 Å². The van der Waals surface area contributed by atoms with E-state index >= 15 is 0 Å². The molecule has 0 spiro atoms. The minimum Gasteiger partial charge on any atom is -0.353 e. The second kappa shape index (κ2) is 6.76. The van der Waals surface area contributed by atoms with Gasteiger partial charge in [-0.05, 0) is 19.1 Å². The molecule has 0 bridgehead atoms. The van der Waals surface area contributed by atoms with Crippen molar-refractivity contribution in [2.24, 2.45) is 0 Å². The third kappa shape index (κ3) is 3.76. The fourth-order valence-electron chi connectivity index (χ4n) is 2.63. The Labute approximate surface area is 141 Å². The minimum absolute atomic E-state index is 0.107. The third-order valence-electron chi connectivity index (χ3n) is 3.77. The molecule has 2 heterocycles. The summed E-state index contributed by atoms with van der Waals surface area (Å²) < 4.78 is 19.9. The largest absolute Gasteiger partial charge is 0.353 e. The molecule has 1 fully saturated rings. The molecule has 1 aromatic carbocycles. The summed E-state index contributed by atoms with van der Waals surface area (Å²) in [6.07, 6.45) is 0.310. The summed E-state index contributed by atoms with van der Waals surface area (Å²) in [5.41, 5.74) is 0.551. The van der Waals surface area contributed by atoms with Crippen LogP contribution in [0.3, 0.4) is 0 Å². The van der Waals surface area contributed by atoms with Crippen LogP contribution in [0.1, 0.15) is 17.3 Å². The van der Waals surface area contributed by atoms with Crippen LogP contribution in [-0.4, -0.2) is 40.1 Å². The average Bonchev–Trinajstić information content (AvgIpc) is 2.91. The molecule has 1 saturated heterocycles. The van der Waals surface area contributed by atoms with E-state index in [1.54, 1.807) is 19.1 Å². The van der Waals surface area contributed by atoms with E-state index in [0.717, 1.165) is 0 Å². The summed E-state index contributed by atoms with van der Waals surface area (Å²) in [7, 11) is 0. The summed E-state index contributed by atoms with van der Waals surface area (Å²) in [6.45, 7) is 3.25. The predicted molar refractivity (Wildman–Crippen MR) is 84.0 cm³/mol. The summed E-state index contributed by atoms with van der Waals surface area (Å²) in [5.74, 6) is 0.537. The topological polar surface area (TPSA) is 71.3 Å². The van der Waals surface area contributed by atoms with E-state index in [9.17, 15) is 9.18 Å². The van der Waals surface area contributed by atoms with Crippen molar-refractivity contribution in [1.82, 2.24) is 20.4 Å². The molecule has 1 atom stereocenters. The van der Waals surface area contributed by atoms with Crippen LogP contribution in [0.15, 0.2) is 27.2 Å². The Morgan fingerprint density at radius 2 is 2.35 bits per heavy atom. The number of halogens is 2. The van der Waals surface area contributed by atoms with Crippen LogP contribution in [-0.2, 0) is 17.8 Å². The third-order valence-corrected chi connectivity index (χ3v) is 4.26. The number of amides is 1. The molecule has 1 N–H and O–H groups in total. The Hall–Kier alpha value is -1.80. The van der Waals surface area contributed by atoms with Gasteiger partial charge in [-0.2, -0.15) is 4.98 Å². The number of hydrogen-bond donors (Lipinski definition) is 1. The lowest BCUT2D eigenvalue weighted by molar-refractivity contribution is -0.129. The van der Waals surface area contributed by atoms with E-state index in [4.69, 9.17) is 4.52 Å². The van der Waals surface area contributed by atoms with E-state index < -0.39 is 6.04 Å². The molecule has 1 aliphatic rings. The van der Waals surface area contributed by atoms with Gasteiger partial charge in [-0.3, -0.25) is 9.69 Å². The normalized spacial score (nSPS) is 18.9. The molecule has 0 saturated carbocycles. The first-order chi connectivity index (χ1) is 11.0. The molecule has 122 valence electrons. The molecule has 0 radical (unpaired) electrons. The smallest absolute Gasteiger partial charge is 0.237 e. The van der Waals surface area contributed by atoms with Gasteiger partial charge in [0.25, 0.3) is 0 Å². The fraction of sp³-hybridized carbons (Fsp3) is 0.400. The summed E-state index contributed by atoms with van der Waals surface area (Å²) in [4.78, 5) is 18.3. The van der Waals surface area contributed by atoms with E-state index in [0.29, 0.717) is 47.8 Å². The van der Waals surface area contributed by atoms with Crippen LogP contribution in [0.25, 0.3) is 0 Å². The quantitative estimate of drug-likeness (QED) is 0.872. The highest BCUT2D eigenvalue weighted by molar-refractivity contribution is 9.10. The molecule has 0 aliphatic carbocycles. The van der Waals surface area contributed by atoms with Crippen molar-refractivity contribution < 1.29 is 13.7 Å². The van der Waals surface area contributed by atoms with Crippen LogP contribution in [0, 0.1) is 12.7 Å². The van der Waals surface area contributed by atoms with Gasteiger partial charge in [0.15, 0.2) is 5.82 Å². The van der Waals surface area contributed by atoms with Crippen LogP contribution >= 0.6 is 15.9 Å². The number of rotatable bonds is 4. The highest BCUT2D eigenvalue weighted by Gasteiger charge is 2.31. The van der Waals surface area contributed by atoms with E-state index in [2.05, 4.69) is 31.4 Å². The average molecular weight is 383 g/mol. The van der Waals surface area contributed by atoms with Gasteiger partial charge in [0.2, 0.25) is 11.8 Å². The predicted octanol–water partition coefficient (Wildman–Crippen LogP) is 1.82. The molecule has 1 aliphatic heterocycles. The van der Waals surface area contributed by atoms with Crippen LogP contribution in [0.5, 0.6) is 0 Å². The lowest BCUT2D eigenvalue weighted by atomic mass is 10.1. The highest BCUT2D eigenvalue weighted by atomic mass is 79.9. The van der Waals surface area contributed by atoms with Crippen molar-refractivity contribution in [1.29, 1.82) is 0 Å². The molecule has 23 heavy (non-hydrogen) atoms. The Bertz CT molecular complexity index is 721. The first-order valence-corrected chi connectivity index (χ1v) is 8.07. The first kappa shape index (κ1) is 16.1. The van der Waals surface area contributed by atoms with Gasteiger partial charge >= 0.3 is 0 Å². The number of hydrogen-bond acceptors (Lipinski definition) is 5. The van der Waals surface area contributed by atoms with Crippen LogP contribution in [0.4, 0.5) is 4.39 Å². The molecule has 3 rings (SSSR count). The Kier molecular flexibility index (Phi) is 4.72. The number of aromatic nitrogens is 2. The monoisotopic (exact) mass is 382 g/mol. The SMILES string of the molecule is Cc1noc(CC2C(=O)NCCN2Cc2ccc(Br)cc2F)n1. The van der Waals surface area contributed by atoms with Gasteiger partial charge < -0.3 is 9.84 Å². The van der Waals surface area contributed by atoms with Gasteiger partial charge in [-0.1, -0.05) is 27.2 Å². The van der Waals surface area contributed by atoms with Gasteiger partial charge in [-0.25, -0.2) is 4.39 Å². The minimum atomic E-state index is -0.452. The zero-order chi connectivity index (χ0) is 16.4. The molecule has 1 aromatic heterocycles. The van der Waals surface area contributed by atoms with Crippen molar-refractivity contribution in [3.05, 3.63) is 45.8 Å². The summed E-state index contributed by atoms with van der Waals surface area (Å²) in [6, 6.07) is 4.49. The highest BCUT2D eigenvalue weighted by Crippen LogP contribution is 2.20. The lowest BCUT2D eigenvalue weighted by Crippen LogP contribution is -2.55. The molecule has 1 amide bonds. The lowest BCUT2D eigenvalue weighted by Gasteiger charge is -2.34. The van der Waals surface area contributed by atoms with Gasteiger partial charge in [0, 0.05) is 29.7 Å². The molecular formula is C15H16BrFN4O2. The summed E-state index contributed by atoms with van der Waals surface area (Å²) in [5, 5.41) is 6.57. The molecule has 2 aromatic rings. The molecular weight excluding hydrogens is 367 g/mol. The van der Waals surface area contributed by atoms with E-state index in [1.165, 1.54) is 6.07 Å². The number of nitrogens with one attached hydrogen (secondary N) is 1. The van der Waals surface area contributed by atoms with Crippen molar-refractivity contribution >= 4 is 21.8 Å². The van der Waals surface area contributed by atoms with Crippen LogP contribution in [0.2, 0.25) is 0 Å². The Morgan fingerprint density at radius 3 is 3.04 bits per heavy atom. The number of carbonyl (C=O) groups is 1. The van der Waals surface area contributed by atoms with Gasteiger partial charge in [-0.15, -0.1) is 0 Å². The van der Waals surface area contributed by atoms with Gasteiger partial charge in [0.05, 0.1) is 12.5 Å². The number of aryl methyl sites for hydroxylation is 1. The van der Waals surface area contributed by atoms with Crippen molar-refractivity contribution in [3.8, 4) is 0 Å². The number of nitrogens with zero attached hydrogens (tertiary/aromatic N) is 3. The van der Waals surface area contributed by atoms with E-state index in [1.807, 2.05) is 4.90 Å². The van der Waals surface area contributed by atoms with Gasteiger partial charge in [0.1, 0.15) is 5.82 Å². The second-order valence-electron chi connectivity index (χ2n) is 5.45. The first-order valence-electron chi connectivity index (χ1n) is 7.28. The van der Waals surface area contributed by atoms with Crippen molar-refractivity contribution in [3.63, 3.8) is 0 Å². The molecule has 8 heteroatoms. The second-order valence-corrected chi connectivity index (χ2v) is 6.37. The standard InChI is InChI=1S/C15H16BrFN4O2/c1-9-19-14(23-20-9)7-13-15(22)18-4-5-21(13)8-10-2-3-11(16)6-12(10)17/h2-3,6,13H,4-5,7-8H2,1H3,(H,18,22). The maximum atomic E-state index is 14.1. The van der Waals surface area contributed by atoms with Crippen molar-refractivity contribution in [2.45, 2.75) is 25.9 Å². The summed E-state index contributed by atoms with van der Waals surface area (Å²) >= 11 is 3.24. The molecule has 6 nitrogen and oxygen atoms in total. The number of benzene rings is 1. The zero-order valence-electron chi connectivity index (χ0n) is 12.6. The Balaban J connectivity index is 1.78. The maximum absolute atomic E-state index is 14.1. The fourth-order valence-corrected chi connectivity index (χ4v) is 2.96. The number of piperazine rings is 1. The molecule has 1 unspecified atom stereocenters. The Morgan fingerprint density at radius 1 is 1.52 bits per heavy atom. The van der Waals surface area contributed by atoms with Crippen molar-refractivity contribution in [2.75, 3.05) is 13.1 Å².